The summed E-state index contributed by atoms with van der Waals surface area (Å²) in [6.45, 7) is 6.46. The summed E-state index contributed by atoms with van der Waals surface area (Å²) in [5, 5.41) is 2.84. The molecule has 0 saturated heterocycles. The Labute approximate surface area is 189 Å². The molecule has 1 amide bonds. The molecule has 0 heterocycles. The lowest BCUT2D eigenvalue weighted by atomic mass is 10.1. The standard InChI is InChI=1S/C27H29NO4/c1-19(2)32-24-13-11-23(12-14-24)28-27(29)16-10-21-9-15-25(26(17-21)30-4)31-18-22-8-6-5-7-20(22)3/h5-17,19H,18H2,1-4H3,(H,28,29)/b16-10+. The zero-order valence-corrected chi connectivity index (χ0v) is 18.9. The number of nitrogens with one attached hydrogen (secondary N) is 1. The summed E-state index contributed by atoms with van der Waals surface area (Å²) in [5.74, 6) is 1.81. The number of amides is 1. The fourth-order valence-electron chi connectivity index (χ4n) is 3.08. The highest BCUT2D eigenvalue weighted by molar-refractivity contribution is 6.02. The van der Waals surface area contributed by atoms with Gasteiger partial charge in [0.15, 0.2) is 11.5 Å². The van der Waals surface area contributed by atoms with Gasteiger partial charge in [-0.1, -0.05) is 30.3 Å². The molecule has 0 atom stereocenters. The van der Waals surface area contributed by atoms with Crippen molar-refractivity contribution in [2.24, 2.45) is 0 Å². The summed E-state index contributed by atoms with van der Waals surface area (Å²) in [7, 11) is 1.60. The largest absolute Gasteiger partial charge is 0.493 e. The van der Waals surface area contributed by atoms with Crippen molar-refractivity contribution in [3.63, 3.8) is 0 Å². The van der Waals surface area contributed by atoms with E-state index in [-0.39, 0.29) is 12.0 Å². The Morgan fingerprint density at radius 3 is 2.44 bits per heavy atom. The lowest BCUT2D eigenvalue weighted by Crippen LogP contribution is -2.08. The monoisotopic (exact) mass is 431 g/mol. The van der Waals surface area contributed by atoms with E-state index in [4.69, 9.17) is 14.2 Å². The average Bonchev–Trinajstić information content (AvgIpc) is 2.78. The van der Waals surface area contributed by atoms with Gasteiger partial charge in [-0.25, -0.2) is 0 Å². The number of ether oxygens (including phenoxy) is 3. The molecule has 0 aliphatic carbocycles. The van der Waals surface area contributed by atoms with Gasteiger partial charge in [0.2, 0.25) is 5.91 Å². The Morgan fingerprint density at radius 2 is 1.75 bits per heavy atom. The molecule has 5 heteroatoms. The van der Waals surface area contributed by atoms with Crippen molar-refractivity contribution in [1.82, 2.24) is 0 Å². The minimum absolute atomic E-state index is 0.106. The molecule has 0 bridgehead atoms. The molecule has 0 saturated carbocycles. The topological polar surface area (TPSA) is 56.8 Å². The average molecular weight is 432 g/mol. The molecular weight excluding hydrogens is 402 g/mol. The Balaban J connectivity index is 1.60. The highest BCUT2D eigenvalue weighted by atomic mass is 16.5. The fourth-order valence-corrected chi connectivity index (χ4v) is 3.08. The number of rotatable bonds is 9. The molecular formula is C27H29NO4. The van der Waals surface area contributed by atoms with Gasteiger partial charge in [0, 0.05) is 11.8 Å². The van der Waals surface area contributed by atoms with E-state index in [0.29, 0.717) is 23.8 Å². The zero-order chi connectivity index (χ0) is 22.9. The molecule has 5 nitrogen and oxygen atoms in total. The van der Waals surface area contributed by atoms with Crippen LogP contribution in [0.4, 0.5) is 5.69 Å². The van der Waals surface area contributed by atoms with Crippen molar-refractivity contribution in [3.05, 3.63) is 89.5 Å². The normalized spacial score (nSPS) is 10.9. The van der Waals surface area contributed by atoms with Gasteiger partial charge in [-0.05, 0) is 79.9 Å². The van der Waals surface area contributed by atoms with Crippen LogP contribution in [0.3, 0.4) is 0 Å². The minimum Gasteiger partial charge on any atom is -0.493 e. The van der Waals surface area contributed by atoms with Crippen LogP contribution in [0.25, 0.3) is 6.08 Å². The second-order valence-electron chi connectivity index (χ2n) is 7.64. The van der Waals surface area contributed by atoms with Crippen LogP contribution in [0.2, 0.25) is 0 Å². The van der Waals surface area contributed by atoms with E-state index in [1.54, 1.807) is 13.2 Å². The van der Waals surface area contributed by atoms with Crippen LogP contribution in [0.15, 0.2) is 72.8 Å². The summed E-state index contributed by atoms with van der Waals surface area (Å²) in [5.41, 5.74) is 3.84. The molecule has 3 aromatic rings. The summed E-state index contributed by atoms with van der Waals surface area (Å²) >= 11 is 0. The van der Waals surface area contributed by atoms with Crippen LogP contribution >= 0.6 is 0 Å². The van der Waals surface area contributed by atoms with Gasteiger partial charge in [-0.15, -0.1) is 0 Å². The SMILES string of the molecule is COc1cc(/C=C/C(=O)Nc2ccc(OC(C)C)cc2)ccc1OCc1ccccc1C. The molecule has 1 N–H and O–H groups in total. The zero-order valence-electron chi connectivity index (χ0n) is 18.9. The Kier molecular flexibility index (Phi) is 7.92. The molecule has 0 radical (unpaired) electrons. The Hall–Kier alpha value is -3.73. The van der Waals surface area contributed by atoms with Crippen molar-refractivity contribution in [3.8, 4) is 17.2 Å². The molecule has 0 aliphatic heterocycles. The first-order valence-corrected chi connectivity index (χ1v) is 10.6. The first-order chi connectivity index (χ1) is 15.4. The van der Waals surface area contributed by atoms with Crippen LogP contribution in [-0.2, 0) is 11.4 Å². The molecule has 32 heavy (non-hydrogen) atoms. The Morgan fingerprint density at radius 1 is 1.00 bits per heavy atom. The minimum atomic E-state index is -0.221. The van der Waals surface area contributed by atoms with E-state index in [1.165, 1.54) is 11.6 Å². The second kappa shape index (κ2) is 11.0. The second-order valence-corrected chi connectivity index (χ2v) is 7.64. The van der Waals surface area contributed by atoms with Crippen molar-refractivity contribution in [2.45, 2.75) is 33.5 Å². The number of benzene rings is 3. The predicted octanol–water partition coefficient (Wildman–Crippen LogP) is 6.02. The summed E-state index contributed by atoms with van der Waals surface area (Å²) in [6, 6.07) is 21.0. The quantitative estimate of drug-likeness (QED) is 0.421. The third-order valence-corrected chi connectivity index (χ3v) is 4.75. The molecule has 0 aliphatic rings. The number of methoxy groups -OCH3 is 1. The van der Waals surface area contributed by atoms with Gasteiger partial charge >= 0.3 is 0 Å². The van der Waals surface area contributed by atoms with Crippen LogP contribution in [0.5, 0.6) is 17.2 Å². The van der Waals surface area contributed by atoms with E-state index in [9.17, 15) is 4.79 Å². The lowest BCUT2D eigenvalue weighted by molar-refractivity contribution is -0.111. The van der Waals surface area contributed by atoms with Crippen molar-refractivity contribution < 1.29 is 19.0 Å². The predicted molar refractivity (Wildman–Crippen MR) is 128 cm³/mol. The molecule has 0 fully saturated rings. The third kappa shape index (κ3) is 6.64. The van der Waals surface area contributed by atoms with Gasteiger partial charge < -0.3 is 19.5 Å². The van der Waals surface area contributed by atoms with Gasteiger partial charge in [0.25, 0.3) is 0 Å². The molecule has 166 valence electrons. The Bertz CT molecular complexity index is 1070. The van der Waals surface area contributed by atoms with Crippen LogP contribution in [-0.4, -0.2) is 19.1 Å². The van der Waals surface area contributed by atoms with Gasteiger partial charge in [-0.3, -0.25) is 4.79 Å². The van der Waals surface area contributed by atoms with Crippen LogP contribution in [0.1, 0.15) is 30.5 Å². The van der Waals surface area contributed by atoms with E-state index in [1.807, 2.05) is 74.5 Å². The maximum absolute atomic E-state index is 12.3. The number of anilines is 1. The van der Waals surface area contributed by atoms with Crippen molar-refractivity contribution in [2.75, 3.05) is 12.4 Å². The van der Waals surface area contributed by atoms with Crippen LogP contribution < -0.4 is 19.5 Å². The molecule has 0 spiro atoms. The lowest BCUT2D eigenvalue weighted by Gasteiger charge is -2.12. The van der Waals surface area contributed by atoms with E-state index in [0.717, 1.165) is 16.9 Å². The van der Waals surface area contributed by atoms with Crippen LogP contribution in [0, 0.1) is 6.92 Å². The smallest absolute Gasteiger partial charge is 0.248 e. The maximum Gasteiger partial charge on any atom is 0.248 e. The van der Waals surface area contributed by atoms with E-state index >= 15 is 0 Å². The number of carbonyl (C=O) groups excluding carboxylic acids is 1. The fraction of sp³-hybridized carbons (Fsp3) is 0.222. The van der Waals surface area contributed by atoms with Crippen molar-refractivity contribution in [1.29, 1.82) is 0 Å². The molecule has 3 rings (SSSR count). The number of aryl methyl sites for hydroxylation is 1. The maximum atomic E-state index is 12.3. The third-order valence-electron chi connectivity index (χ3n) is 4.75. The van der Waals surface area contributed by atoms with E-state index < -0.39 is 0 Å². The highest BCUT2D eigenvalue weighted by Gasteiger charge is 2.07. The first-order valence-electron chi connectivity index (χ1n) is 10.6. The molecule has 3 aromatic carbocycles. The highest BCUT2D eigenvalue weighted by Crippen LogP contribution is 2.29. The summed E-state index contributed by atoms with van der Waals surface area (Å²) < 4.78 is 17.0. The first kappa shape index (κ1) is 22.9. The summed E-state index contributed by atoms with van der Waals surface area (Å²) in [6.07, 6.45) is 3.33. The molecule has 0 aromatic heterocycles. The van der Waals surface area contributed by atoms with Crippen molar-refractivity contribution >= 4 is 17.7 Å². The van der Waals surface area contributed by atoms with Gasteiger partial charge in [0.05, 0.1) is 13.2 Å². The summed E-state index contributed by atoms with van der Waals surface area (Å²) in [4.78, 5) is 12.3. The number of hydrogen-bond acceptors (Lipinski definition) is 4. The number of hydrogen-bond donors (Lipinski definition) is 1. The van der Waals surface area contributed by atoms with Gasteiger partial charge in [-0.2, -0.15) is 0 Å². The number of carbonyl (C=O) groups is 1. The molecule has 0 unspecified atom stereocenters. The van der Waals surface area contributed by atoms with E-state index in [2.05, 4.69) is 18.3 Å². The van der Waals surface area contributed by atoms with Gasteiger partial charge in [0.1, 0.15) is 12.4 Å².